The molecule has 0 unspecified atom stereocenters. The minimum absolute atomic E-state index is 0.410. The van der Waals surface area contributed by atoms with Crippen LogP contribution in [0.15, 0.2) is 29.4 Å². The highest BCUT2D eigenvalue weighted by Crippen LogP contribution is 2.26. The molecule has 0 radical (unpaired) electrons. The lowest BCUT2D eigenvalue weighted by atomic mass is 9.96. The Hall–Kier alpha value is -1.71. The van der Waals surface area contributed by atoms with Crippen molar-refractivity contribution < 1.29 is 14.3 Å². The zero-order valence-electron chi connectivity index (χ0n) is 11.6. The molecule has 2 rings (SSSR count). The van der Waals surface area contributed by atoms with Gasteiger partial charge in [-0.05, 0) is 57.4 Å². The number of oxime groups is 1. The summed E-state index contributed by atoms with van der Waals surface area (Å²) in [6.45, 7) is 4.79. The van der Waals surface area contributed by atoms with Crippen molar-refractivity contribution in [1.82, 2.24) is 0 Å². The van der Waals surface area contributed by atoms with Crippen molar-refractivity contribution in [3.63, 3.8) is 0 Å². The van der Waals surface area contributed by atoms with E-state index in [0.29, 0.717) is 19.3 Å². The fourth-order valence-electron chi connectivity index (χ4n) is 1.68. The standard InChI is InChI=1S/C15H21NO3/c1-3-18-16-12(2)11-17-13-7-9-15(10-8-13)19-14-5-4-6-14/h7-10,14H,3-6,11H2,1-2H3. The Morgan fingerprint density at radius 1 is 1.21 bits per heavy atom. The first-order chi connectivity index (χ1) is 9.28. The van der Waals surface area contributed by atoms with Crippen molar-refractivity contribution in [2.75, 3.05) is 13.2 Å². The molecule has 0 N–H and O–H groups in total. The summed E-state index contributed by atoms with van der Waals surface area (Å²) in [7, 11) is 0. The van der Waals surface area contributed by atoms with Crippen LogP contribution in [0.5, 0.6) is 11.5 Å². The molecule has 0 heterocycles. The molecule has 0 atom stereocenters. The number of nitrogens with zero attached hydrogens (tertiary/aromatic N) is 1. The summed E-state index contributed by atoms with van der Waals surface area (Å²) in [4.78, 5) is 4.95. The average molecular weight is 263 g/mol. The summed E-state index contributed by atoms with van der Waals surface area (Å²) in [6.07, 6.45) is 4.04. The maximum Gasteiger partial charge on any atom is 0.129 e. The summed E-state index contributed by atoms with van der Waals surface area (Å²) in [6, 6.07) is 7.73. The van der Waals surface area contributed by atoms with Crippen LogP contribution in [0.25, 0.3) is 0 Å². The second-order valence-corrected chi connectivity index (χ2v) is 4.68. The zero-order valence-corrected chi connectivity index (χ0v) is 11.6. The van der Waals surface area contributed by atoms with Gasteiger partial charge in [0, 0.05) is 0 Å². The summed E-state index contributed by atoms with van der Waals surface area (Å²) < 4.78 is 11.4. The van der Waals surface area contributed by atoms with Gasteiger partial charge in [-0.1, -0.05) is 5.16 Å². The van der Waals surface area contributed by atoms with Gasteiger partial charge in [0.1, 0.15) is 24.7 Å². The van der Waals surface area contributed by atoms with Gasteiger partial charge in [-0.25, -0.2) is 0 Å². The Morgan fingerprint density at radius 2 is 1.89 bits per heavy atom. The Balaban J connectivity index is 1.77. The third-order valence-corrected chi connectivity index (χ3v) is 2.98. The highest BCUT2D eigenvalue weighted by Gasteiger charge is 2.18. The van der Waals surface area contributed by atoms with Gasteiger partial charge < -0.3 is 14.3 Å². The Bertz CT molecular complexity index is 410. The topological polar surface area (TPSA) is 40.0 Å². The van der Waals surface area contributed by atoms with Crippen LogP contribution in [0, 0.1) is 0 Å². The number of ether oxygens (including phenoxy) is 2. The third kappa shape index (κ3) is 4.47. The quantitative estimate of drug-likeness (QED) is 0.559. The summed E-state index contributed by atoms with van der Waals surface area (Å²) in [5.41, 5.74) is 0.816. The molecule has 104 valence electrons. The molecular formula is C15H21NO3. The fraction of sp³-hybridized carbons (Fsp3) is 0.533. The molecule has 4 nitrogen and oxygen atoms in total. The molecule has 19 heavy (non-hydrogen) atoms. The Kier molecular flexibility index (Phi) is 5.07. The molecule has 0 spiro atoms. The van der Waals surface area contributed by atoms with Crippen LogP contribution in [0.3, 0.4) is 0 Å². The number of benzene rings is 1. The second kappa shape index (κ2) is 7.02. The van der Waals surface area contributed by atoms with Gasteiger partial charge in [0.15, 0.2) is 0 Å². The Labute approximate surface area is 114 Å². The molecule has 1 aliphatic carbocycles. The highest BCUT2D eigenvalue weighted by atomic mass is 16.6. The minimum atomic E-state index is 0.410. The maximum absolute atomic E-state index is 5.78. The van der Waals surface area contributed by atoms with Crippen LogP contribution in [-0.2, 0) is 4.84 Å². The highest BCUT2D eigenvalue weighted by molar-refractivity contribution is 5.82. The summed E-state index contributed by atoms with van der Waals surface area (Å²) in [5, 5.41) is 3.90. The zero-order chi connectivity index (χ0) is 13.5. The van der Waals surface area contributed by atoms with Gasteiger partial charge in [0.2, 0.25) is 0 Å². The van der Waals surface area contributed by atoms with Gasteiger partial charge >= 0.3 is 0 Å². The number of rotatable bonds is 7. The smallest absolute Gasteiger partial charge is 0.129 e. The van der Waals surface area contributed by atoms with Crippen LogP contribution in [0.4, 0.5) is 0 Å². The normalized spacial score (nSPS) is 15.8. The SMILES string of the molecule is CCON=C(C)COc1ccc(OC2CCC2)cc1. The van der Waals surface area contributed by atoms with Gasteiger partial charge in [-0.2, -0.15) is 0 Å². The van der Waals surface area contributed by atoms with Crippen molar-refractivity contribution in [2.45, 2.75) is 39.2 Å². The van der Waals surface area contributed by atoms with Crippen LogP contribution < -0.4 is 9.47 Å². The van der Waals surface area contributed by atoms with Crippen LogP contribution in [-0.4, -0.2) is 25.0 Å². The second-order valence-electron chi connectivity index (χ2n) is 4.68. The summed E-state index contributed by atoms with van der Waals surface area (Å²) >= 11 is 0. The first-order valence-corrected chi connectivity index (χ1v) is 6.83. The van der Waals surface area contributed by atoms with Gasteiger partial charge in [-0.3, -0.25) is 0 Å². The van der Waals surface area contributed by atoms with E-state index in [-0.39, 0.29) is 0 Å². The molecule has 1 saturated carbocycles. The molecule has 0 bridgehead atoms. The van der Waals surface area contributed by atoms with Gasteiger partial charge in [0.05, 0.1) is 11.8 Å². The lowest BCUT2D eigenvalue weighted by Crippen LogP contribution is -2.24. The van der Waals surface area contributed by atoms with E-state index in [1.54, 1.807) is 0 Å². The van der Waals surface area contributed by atoms with E-state index in [9.17, 15) is 0 Å². The molecule has 1 fully saturated rings. The molecular weight excluding hydrogens is 242 g/mol. The van der Waals surface area contributed by atoms with Crippen molar-refractivity contribution in [3.05, 3.63) is 24.3 Å². The van der Waals surface area contributed by atoms with E-state index < -0.39 is 0 Å². The molecule has 1 aromatic carbocycles. The van der Waals surface area contributed by atoms with Gasteiger partial charge in [0.25, 0.3) is 0 Å². The van der Waals surface area contributed by atoms with E-state index in [1.807, 2.05) is 38.1 Å². The first-order valence-electron chi connectivity index (χ1n) is 6.83. The predicted octanol–water partition coefficient (Wildman–Crippen LogP) is 3.41. The van der Waals surface area contributed by atoms with Gasteiger partial charge in [-0.15, -0.1) is 0 Å². The van der Waals surface area contributed by atoms with Crippen molar-refractivity contribution in [3.8, 4) is 11.5 Å². The lowest BCUT2D eigenvalue weighted by Gasteiger charge is -2.26. The predicted molar refractivity (Wildman–Crippen MR) is 74.9 cm³/mol. The molecule has 1 aromatic rings. The van der Waals surface area contributed by atoms with Crippen molar-refractivity contribution in [2.24, 2.45) is 5.16 Å². The van der Waals surface area contributed by atoms with Crippen molar-refractivity contribution >= 4 is 5.71 Å². The van der Waals surface area contributed by atoms with Crippen LogP contribution in [0.2, 0.25) is 0 Å². The molecule has 1 aliphatic rings. The Morgan fingerprint density at radius 3 is 2.47 bits per heavy atom. The van der Waals surface area contributed by atoms with E-state index in [2.05, 4.69) is 5.16 Å². The minimum Gasteiger partial charge on any atom is -0.490 e. The third-order valence-electron chi connectivity index (χ3n) is 2.98. The average Bonchev–Trinajstić information content (AvgIpc) is 2.39. The number of hydrogen-bond acceptors (Lipinski definition) is 4. The lowest BCUT2D eigenvalue weighted by molar-refractivity contribution is 0.120. The molecule has 0 amide bonds. The van der Waals surface area contributed by atoms with E-state index in [0.717, 1.165) is 17.2 Å². The largest absolute Gasteiger partial charge is 0.490 e. The fourth-order valence-corrected chi connectivity index (χ4v) is 1.68. The molecule has 0 aromatic heterocycles. The van der Waals surface area contributed by atoms with E-state index in [1.165, 1.54) is 19.3 Å². The molecule has 0 saturated heterocycles. The summed E-state index contributed by atoms with van der Waals surface area (Å²) in [5.74, 6) is 1.73. The first kappa shape index (κ1) is 13.7. The van der Waals surface area contributed by atoms with Crippen LogP contribution >= 0.6 is 0 Å². The van der Waals surface area contributed by atoms with E-state index >= 15 is 0 Å². The molecule has 0 aliphatic heterocycles. The monoisotopic (exact) mass is 263 g/mol. The molecule has 4 heteroatoms. The maximum atomic E-state index is 5.78. The van der Waals surface area contributed by atoms with Crippen LogP contribution in [0.1, 0.15) is 33.1 Å². The van der Waals surface area contributed by atoms with E-state index in [4.69, 9.17) is 14.3 Å². The number of hydrogen-bond donors (Lipinski definition) is 0. The van der Waals surface area contributed by atoms with Crippen molar-refractivity contribution in [1.29, 1.82) is 0 Å².